The topological polar surface area (TPSA) is 98.2 Å². The van der Waals surface area contributed by atoms with Gasteiger partial charge in [0.2, 0.25) is 0 Å². The average molecular weight is 314 g/mol. The normalized spacial score (nSPS) is 17.8. The van der Waals surface area contributed by atoms with E-state index < -0.39 is 0 Å². The molecule has 1 aliphatic heterocycles. The summed E-state index contributed by atoms with van der Waals surface area (Å²) in [6.45, 7) is 4.22. The lowest BCUT2D eigenvalue weighted by atomic mass is 10.2. The molecule has 116 valence electrons. The zero-order chi connectivity index (χ0) is 15.2. The maximum absolute atomic E-state index is 9.02. The molecule has 0 spiro atoms. The van der Waals surface area contributed by atoms with E-state index in [1.807, 2.05) is 0 Å². The minimum atomic E-state index is -0.0274. The molecule has 2 rings (SSSR count). The molecule has 8 heteroatoms. The van der Waals surface area contributed by atoms with Crippen LogP contribution in [0.3, 0.4) is 0 Å². The minimum Gasteiger partial charge on any atom is -0.409 e. The van der Waals surface area contributed by atoms with E-state index in [9.17, 15) is 0 Å². The molecule has 0 aromatic carbocycles. The van der Waals surface area contributed by atoms with E-state index in [1.165, 1.54) is 0 Å². The van der Waals surface area contributed by atoms with E-state index in [0.29, 0.717) is 22.9 Å². The van der Waals surface area contributed by atoms with Crippen LogP contribution in [-0.2, 0) is 0 Å². The Kier molecular flexibility index (Phi) is 5.60. The Bertz CT molecular complexity index is 511. The predicted octanol–water partition coefficient (Wildman–Crippen LogP) is 0.334. The molecular weight excluding hydrogens is 294 g/mol. The third-order valence-electron chi connectivity index (χ3n) is 3.56. The fourth-order valence-corrected chi connectivity index (χ4v) is 2.78. The van der Waals surface area contributed by atoms with Gasteiger partial charge >= 0.3 is 0 Å². The fraction of sp³-hybridized carbons (Fsp3) is 0.538. The van der Waals surface area contributed by atoms with Crippen molar-refractivity contribution in [3.8, 4) is 0 Å². The van der Waals surface area contributed by atoms with Crippen molar-refractivity contribution in [2.24, 2.45) is 10.9 Å². The van der Waals surface area contributed by atoms with Gasteiger partial charge in [-0.05, 0) is 19.0 Å². The molecule has 0 aliphatic carbocycles. The lowest BCUT2D eigenvalue weighted by Gasteiger charge is -2.23. The summed E-state index contributed by atoms with van der Waals surface area (Å²) in [5, 5.41) is 21.2. The average Bonchev–Trinajstić information content (AvgIpc) is 2.73. The number of hydrogen-bond donors (Lipinski definition) is 3. The van der Waals surface area contributed by atoms with Crippen molar-refractivity contribution in [2.75, 3.05) is 44.2 Å². The van der Waals surface area contributed by atoms with Crippen LogP contribution < -0.4 is 10.6 Å². The Morgan fingerprint density at radius 1 is 1.38 bits per heavy atom. The van der Waals surface area contributed by atoms with Crippen molar-refractivity contribution in [3.05, 3.63) is 22.8 Å². The highest BCUT2D eigenvalue weighted by Crippen LogP contribution is 2.27. The molecule has 7 nitrogen and oxygen atoms in total. The van der Waals surface area contributed by atoms with Gasteiger partial charge in [0.05, 0.1) is 11.6 Å². The van der Waals surface area contributed by atoms with Gasteiger partial charge in [-0.2, -0.15) is 0 Å². The molecule has 4 N–H and O–H groups in total. The summed E-state index contributed by atoms with van der Waals surface area (Å²) in [6, 6.07) is 1.62. The smallest absolute Gasteiger partial charge is 0.171 e. The third-order valence-corrected chi connectivity index (χ3v) is 3.93. The summed E-state index contributed by atoms with van der Waals surface area (Å²) < 4.78 is 0. The summed E-state index contributed by atoms with van der Waals surface area (Å²) in [6.07, 6.45) is 2.57. The van der Waals surface area contributed by atoms with Crippen molar-refractivity contribution in [1.82, 2.24) is 9.88 Å². The first-order valence-corrected chi connectivity index (χ1v) is 7.25. The van der Waals surface area contributed by atoms with Gasteiger partial charge in [-0.3, -0.25) is 4.90 Å². The van der Waals surface area contributed by atoms with Gasteiger partial charge in [0, 0.05) is 37.9 Å². The molecule has 0 amide bonds. The molecule has 1 aromatic heterocycles. The summed E-state index contributed by atoms with van der Waals surface area (Å²) in [4.78, 5) is 8.63. The van der Waals surface area contributed by atoms with Gasteiger partial charge in [-0.25, -0.2) is 4.98 Å². The van der Waals surface area contributed by atoms with E-state index >= 15 is 0 Å². The second-order valence-corrected chi connectivity index (χ2v) is 5.27. The molecule has 0 unspecified atom stereocenters. The van der Waals surface area contributed by atoms with Crippen molar-refractivity contribution in [2.45, 2.75) is 6.42 Å². The number of pyridine rings is 1. The second-order valence-electron chi connectivity index (χ2n) is 4.89. The van der Waals surface area contributed by atoms with E-state index in [-0.39, 0.29) is 12.4 Å². The summed E-state index contributed by atoms with van der Waals surface area (Å²) in [7, 11) is 0. The van der Waals surface area contributed by atoms with Crippen molar-refractivity contribution in [3.63, 3.8) is 0 Å². The molecule has 1 saturated heterocycles. The number of rotatable bonds is 4. The fourth-order valence-electron chi connectivity index (χ4n) is 2.45. The molecule has 0 bridgehead atoms. The molecule has 0 radical (unpaired) electrons. The monoisotopic (exact) mass is 313 g/mol. The second kappa shape index (κ2) is 7.44. The van der Waals surface area contributed by atoms with Gasteiger partial charge in [0.25, 0.3) is 0 Å². The maximum Gasteiger partial charge on any atom is 0.171 e. The first-order chi connectivity index (χ1) is 10.2. The lowest BCUT2D eigenvalue weighted by molar-refractivity contribution is 0.204. The number of halogens is 1. The summed E-state index contributed by atoms with van der Waals surface area (Å²) in [5.74, 6) is 0.618. The molecule has 21 heavy (non-hydrogen) atoms. The van der Waals surface area contributed by atoms with E-state index in [1.54, 1.807) is 12.3 Å². The molecule has 1 fully saturated rings. The maximum atomic E-state index is 9.02. The van der Waals surface area contributed by atoms with Crippen LogP contribution in [0.25, 0.3) is 0 Å². The number of aliphatic hydroxyl groups excluding tert-OH is 1. The van der Waals surface area contributed by atoms with Gasteiger partial charge < -0.3 is 20.9 Å². The Morgan fingerprint density at radius 3 is 2.90 bits per heavy atom. The van der Waals surface area contributed by atoms with Crippen LogP contribution in [0.4, 0.5) is 5.82 Å². The highest BCUT2D eigenvalue weighted by Gasteiger charge is 2.20. The zero-order valence-electron chi connectivity index (χ0n) is 11.7. The van der Waals surface area contributed by atoms with Crippen molar-refractivity contribution < 1.29 is 10.3 Å². The number of oxime groups is 1. The largest absolute Gasteiger partial charge is 0.409 e. The van der Waals surface area contributed by atoms with Gasteiger partial charge in [-0.1, -0.05) is 16.8 Å². The summed E-state index contributed by atoms with van der Waals surface area (Å²) in [5.41, 5.74) is 6.09. The van der Waals surface area contributed by atoms with Gasteiger partial charge in [-0.15, -0.1) is 0 Å². The van der Waals surface area contributed by atoms with Crippen molar-refractivity contribution >= 4 is 23.3 Å². The van der Waals surface area contributed by atoms with Crippen LogP contribution >= 0.6 is 11.6 Å². The number of aromatic nitrogens is 1. The zero-order valence-corrected chi connectivity index (χ0v) is 12.5. The number of aliphatic hydroxyl groups is 1. The Labute approximate surface area is 128 Å². The Balaban J connectivity index is 2.18. The Hall–Kier alpha value is -1.57. The van der Waals surface area contributed by atoms with Crippen LogP contribution in [0.5, 0.6) is 0 Å². The predicted molar refractivity (Wildman–Crippen MR) is 82.1 cm³/mol. The van der Waals surface area contributed by atoms with Crippen LogP contribution in [-0.4, -0.2) is 65.4 Å². The lowest BCUT2D eigenvalue weighted by Crippen LogP contribution is -2.33. The third kappa shape index (κ3) is 3.75. The summed E-state index contributed by atoms with van der Waals surface area (Å²) >= 11 is 6.34. The minimum absolute atomic E-state index is 0.0274. The van der Waals surface area contributed by atoms with E-state index in [2.05, 4.69) is 19.9 Å². The van der Waals surface area contributed by atoms with Gasteiger partial charge in [0.15, 0.2) is 5.84 Å². The number of anilines is 1. The molecule has 2 heterocycles. The van der Waals surface area contributed by atoms with Crippen LogP contribution in [0.15, 0.2) is 17.4 Å². The first-order valence-electron chi connectivity index (χ1n) is 6.88. The number of nitrogens with zero attached hydrogens (tertiary/aromatic N) is 4. The number of nitrogens with two attached hydrogens (primary N) is 1. The van der Waals surface area contributed by atoms with Crippen LogP contribution in [0, 0.1) is 0 Å². The van der Waals surface area contributed by atoms with Crippen LogP contribution in [0.1, 0.15) is 12.0 Å². The number of amidine groups is 1. The molecule has 0 atom stereocenters. The molecule has 1 aliphatic rings. The first kappa shape index (κ1) is 15.8. The van der Waals surface area contributed by atoms with E-state index in [4.69, 9.17) is 27.6 Å². The molecule has 1 aromatic rings. The van der Waals surface area contributed by atoms with Crippen molar-refractivity contribution in [1.29, 1.82) is 0 Å². The SMILES string of the molecule is N/C(=N/O)c1ccnc(N2CCCN(CCO)CC2)c1Cl. The highest BCUT2D eigenvalue weighted by atomic mass is 35.5. The van der Waals surface area contributed by atoms with E-state index in [0.717, 1.165) is 32.6 Å². The number of β-amino-alcohol motifs (C(OH)–C–C–N with tert-alkyl or cyclic N) is 1. The highest BCUT2D eigenvalue weighted by molar-refractivity contribution is 6.36. The number of hydrogen-bond acceptors (Lipinski definition) is 6. The van der Waals surface area contributed by atoms with Crippen LogP contribution in [0.2, 0.25) is 5.02 Å². The van der Waals surface area contributed by atoms with Gasteiger partial charge in [0.1, 0.15) is 5.82 Å². The quantitative estimate of drug-likeness (QED) is 0.321. The molecular formula is C13H20ClN5O2. The molecule has 0 saturated carbocycles. The Morgan fingerprint density at radius 2 is 2.19 bits per heavy atom. The standard InChI is InChI=1S/C13H20ClN5O2/c14-11-10(12(15)17-21)2-3-16-13(11)19-5-1-4-18(6-7-19)8-9-20/h2-3,20-21H,1,4-9H2,(H2,15,17).